The average Bonchev–Trinajstić information content (AvgIpc) is 3.00. The van der Waals surface area contributed by atoms with E-state index in [9.17, 15) is 8.42 Å². The first-order valence-electron chi connectivity index (χ1n) is 7.69. The average molecular weight is 312 g/mol. The minimum absolute atomic E-state index is 0.0355. The first kappa shape index (κ1) is 15.0. The van der Waals surface area contributed by atoms with Crippen molar-refractivity contribution in [2.75, 3.05) is 24.6 Å². The van der Waals surface area contributed by atoms with Crippen molar-refractivity contribution < 1.29 is 8.42 Å². The third kappa shape index (κ3) is 3.64. The molecule has 0 aromatic carbocycles. The summed E-state index contributed by atoms with van der Waals surface area (Å²) in [5.74, 6) is 0.562. The van der Waals surface area contributed by atoms with Crippen molar-refractivity contribution in [2.45, 2.75) is 37.9 Å². The molecule has 2 atom stereocenters. The molecule has 7 heteroatoms. The molecule has 3 rings (SSSR count). The van der Waals surface area contributed by atoms with Crippen LogP contribution in [0, 0.1) is 0 Å². The Balaban J connectivity index is 1.65. The van der Waals surface area contributed by atoms with Crippen LogP contribution >= 0.6 is 0 Å². The van der Waals surface area contributed by atoms with Crippen LogP contribution in [-0.2, 0) is 23.4 Å². The van der Waals surface area contributed by atoms with Crippen LogP contribution in [0.1, 0.15) is 24.8 Å². The summed E-state index contributed by atoms with van der Waals surface area (Å²) < 4.78 is 25.8. The third-order valence-electron chi connectivity index (χ3n) is 4.51. The van der Waals surface area contributed by atoms with Crippen molar-refractivity contribution in [2.24, 2.45) is 7.05 Å². The normalized spacial score (nSPS) is 29.8. The van der Waals surface area contributed by atoms with Gasteiger partial charge in [-0.05, 0) is 25.9 Å². The molecule has 118 valence electrons. The number of nitrogens with one attached hydrogen (secondary N) is 1. The largest absolute Gasteiger partial charge is 0.307 e. The molecular weight excluding hydrogens is 288 g/mol. The maximum Gasteiger partial charge on any atom is 0.153 e. The Bertz CT molecular complexity index is 578. The number of hydrogen-bond donors (Lipinski definition) is 1. The van der Waals surface area contributed by atoms with Crippen LogP contribution < -0.4 is 5.32 Å². The SMILES string of the molecule is Cn1cc(CN[C@H]2CS(=O)(=O)C[C@@H]2N2CCCCC2)cn1. The lowest BCUT2D eigenvalue weighted by atomic mass is 10.0. The Morgan fingerprint density at radius 3 is 2.71 bits per heavy atom. The highest BCUT2D eigenvalue weighted by atomic mass is 32.2. The Morgan fingerprint density at radius 2 is 2.05 bits per heavy atom. The van der Waals surface area contributed by atoms with Crippen LogP contribution in [0.2, 0.25) is 0 Å². The fourth-order valence-corrected chi connectivity index (χ4v) is 5.43. The summed E-state index contributed by atoms with van der Waals surface area (Å²) in [6, 6.07) is 0.167. The van der Waals surface area contributed by atoms with Crippen molar-refractivity contribution in [3.63, 3.8) is 0 Å². The number of piperidine rings is 1. The zero-order valence-electron chi connectivity index (χ0n) is 12.5. The highest BCUT2D eigenvalue weighted by molar-refractivity contribution is 7.91. The molecule has 0 saturated carbocycles. The van der Waals surface area contributed by atoms with E-state index in [1.807, 2.05) is 19.4 Å². The maximum atomic E-state index is 12.0. The van der Waals surface area contributed by atoms with Gasteiger partial charge in [0, 0.05) is 37.4 Å². The van der Waals surface area contributed by atoms with Crippen molar-refractivity contribution in [3.05, 3.63) is 18.0 Å². The van der Waals surface area contributed by atoms with Gasteiger partial charge in [0.2, 0.25) is 0 Å². The highest BCUT2D eigenvalue weighted by Gasteiger charge is 2.40. The number of likely N-dealkylation sites (tertiary alicyclic amines) is 1. The van der Waals surface area contributed by atoms with Gasteiger partial charge in [-0.1, -0.05) is 6.42 Å². The van der Waals surface area contributed by atoms with E-state index in [2.05, 4.69) is 15.3 Å². The topological polar surface area (TPSA) is 67.2 Å². The minimum atomic E-state index is -2.92. The maximum absolute atomic E-state index is 12.0. The Morgan fingerprint density at radius 1 is 1.29 bits per heavy atom. The van der Waals surface area contributed by atoms with Gasteiger partial charge in [0.25, 0.3) is 0 Å². The molecular formula is C14H24N4O2S. The van der Waals surface area contributed by atoms with Crippen LogP contribution in [0.5, 0.6) is 0 Å². The molecule has 21 heavy (non-hydrogen) atoms. The molecule has 2 aliphatic heterocycles. The van der Waals surface area contributed by atoms with E-state index in [4.69, 9.17) is 0 Å². The predicted octanol–water partition coefficient (Wildman–Crippen LogP) is 0.161. The molecule has 0 radical (unpaired) electrons. The zero-order chi connectivity index (χ0) is 14.9. The lowest BCUT2D eigenvalue weighted by Gasteiger charge is -2.35. The number of nitrogens with zero attached hydrogens (tertiary/aromatic N) is 3. The molecule has 1 aromatic heterocycles. The second kappa shape index (κ2) is 6.06. The molecule has 0 unspecified atom stereocenters. The monoisotopic (exact) mass is 312 g/mol. The fourth-order valence-electron chi connectivity index (χ4n) is 3.45. The number of rotatable bonds is 4. The second-order valence-corrected chi connectivity index (χ2v) is 8.40. The van der Waals surface area contributed by atoms with Gasteiger partial charge < -0.3 is 5.32 Å². The zero-order valence-corrected chi connectivity index (χ0v) is 13.3. The third-order valence-corrected chi connectivity index (χ3v) is 6.23. The smallest absolute Gasteiger partial charge is 0.153 e. The summed E-state index contributed by atoms with van der Waals surface area (Å²) in [4.78, 5) is 2.37. The van der Waals surface area contributed by atoms with Crippen LogP contribution in [0.15, 0.2) is 12.4 Å². The van der Waals surface area contributed by atoms with Crippen molar-refractivity contribution in [1.82, 2.24) is 20.0 Å². The van der Waals surface area contributed by atoms with Crippen LogP contribution in [0.3, 0.4) is 0 Å². The first-order chi connectivity index (χ1) is 10.0. The van der Waals surface area contributed by atoms with Crippen LogP contribution in [0.25, 0.3) is 0 Å². The second-order valence-electron chi connectivity index (χ2n) is 6.25. The van der Waals surface area contributed by atoms with E-state index in [0.29, 0.717) is 12.3 Å². The van der Waals surface area contributed by atoms with E-state index < -0.39 is 9.84 Å². The summed E-state index contributed by atoms with van der Waals surface area (Å²) in [5.41, 5.74) is 1.10. The molecule has 3 heterocycles. The van der Waals surface area contributed by atoms with Crippen molar-refractivity contribution in [3.8, 4) is 0 Å². The summed E-state index contributed by atoms with van der Waals surface area (Å²) in [6.07, 6.45) is 7.43. The van der Waals surface area contributed by atoms with Gasteiger partial charge in [-0.2, -0.15) is 5.10 Å². The van der Waals surface area contributed by atoms with Gasteiger partial charge in [-0.25, -0.2) is 8.42 Å². The minimum Gasteiger partial charge on any atom is -0.307 e. The van der Waals surface area contributed by atoms with E-state index in [1.165, 1.54) is 19.3 Å². The Kier molecular flexibility index (Phi) is 4.33. The lowest BCUT2D eigenvalue weighted by molar-refractivity contribution is 0.155. The first-order valence-corrected chi connectivity index (χ1v) is 9.51. The molecule has 0 amide bonds. The van der Waals surface area contributed by atoms with Gasteiger partial charge in [0.05, 0.1) is 17.7 Å². The molecule has 2 saturated heterocycles. The van der Waals surface area contributed by atoms with Crippen LogP contribution in [0.4, 0.5) is 0 Å². The van der Waals surface area contributed by atoms with Gasteiger partial charge in [0.1, 0.15) is 0 Å². The molecule has 6 nitrogen and oxygen atoms in total. The molecule has 0 aliphatic carbocycles. The quantitative estimate of drug-likeness (QED) is 0.858. The summed E-state index contributed by atoms with van der Waals surface area (Å²) >= 11 is 0. The highest BCUT2D eigenvalue weighted by Crippen LogP contribution is 2.22. The van der Waals surface area contributed by atoms with E-state index in [1.54, 1.807) is 4.68 Å². The molecule has 1 aromatic rings. The fraction of sp³-hybridized carbons (Fsp3) is 0.786. The summed E-state index contributed by atoms with van der Waals surface area (Å²) in [7, 11) is -1.03. The molecule has 2 fully saturated rings. The number of aromatic nitrogens is 2. The Hall–Kier alpha value is -0.920. The van der Waals surface area contributed by atoms with E-state index >= 15 is 0 Å². The number of sulfone groups is 1. The van der Waals surface area contributed by atoms with Crippen molar-refractivity contribution in [1.29, 1.82) is 0 Å². The molecule has 1 N–H and O–H groups in total. The van der Waals surface area contributed by atoms with Crippen molar-refractivity contribution >= 4 is 9.84 Å². The van der Waals surface area contributed by atoms with E-state index in [-0.39, 0.29) is 17.8 Å². The van der Waals surface area contributed by atoms with E-state index in [0.717, 1.165) is 18.7 Å². The van der Waals surface area contributed by atoms with Gasteiger partial charge in [-0.15, -0.1) is 0 Å². The molecule has 0 spiro atoms. The van der Waals surface area contributed by atoms with Gasteiger partial charge in [-0.3, -0.25) is 9.58 Å². The summed E-state index contributed by atoms with van der Waals surface area (Å²) in [5, 5.41) is 7.59. The standard InChI is InChI=1S/C14H24N4O2S/c1-17-9-12(8-16-17)7-15-13-10-21(19,20)11-14(13)18-5-3-2-4-6-18/h8-9,13-15H,2-7,10-11H2,1H3/t13-,14-/m0/s1. The lowest BCUT2D eigenvalue weighted by Crippen LogP contribution is -2.50. The van der Waals surface area contributed by atoms with Gasteiger partial charge in [0.15, 0.2) is 9.84 Å². The van der Waals surface area contributed by atoms with Gasteiger partial charge >= 0.3 is 0 Å². The predicted molar refractivity (Wildman–Crippen MR) is 81.7 cm³/mol. The number of aryl methyl sites for hydroxylation is 1. The van der Waals surface area contributed by atoms with Crippen LogP contribution in [-0.4, -0.2) is 59.8 Å². The molecule has 2 aliphatic rings. The number of hydrogen-bond acceptors (Lipinski definition) is 5. The molecule has 0 bridgehead atoms. The summed E-state index contributed by atoms with van der Waals surface area (Å²) in [6.45, 7) is 2.74. The Labute approximate surface area is 126 Å².